The number of anilines is 1. The number of esters is 1. The Morgan fingerprint density at radius 3 is 2.62 bits per heavy atom. The van der Waals surface area contributed by atoms with Crippen LogP contribution in [0.5, 0.6) is 0 Å². The fourth-order valence-corrected chi connectivity index (χ4v) is 5.20. The molecule has 0 unspecified atom stereocenters. The minimum atomic E-state index is -0.483. The minimum absolute atomic E-state index is 0.165. The molecular formula is C20H22N2O5S2. The molecule has 2 amide bonds. The van der Waals surface area contributed by atoms with E-state index in [9.17, 15) is 14.4 Å². The van der Waals surface area contributed by atoms with E-state index in [2.05, 4.69) is 5.32 Å². The fourth-order valence-electron chi connectivity index (χ4n) is 3.06. The third-order valence-corrected chi connectivity index (χ3v) is 6.62. The molecule has 1 aromatic heterocycles. The minimum Gasteiger partial charge on any atom is -0.465 e. The number of thiophene rings is 1. The van der Waals surface area contributed by atoms with Crippen LogP contribution in [0, 0.1) is 0 Å². The highest BCUT2D eigenvalue weighted by Crippen LogP contribution is 2.38. The van der Waals surface area contributed by atoms with Gasteiger partial charge in [-0.05, 0) is 24.1 Å². The van der Waals surface area contributed by atoms with E-state index in [0.29, 0.717) is 42.2 Å². The lowest BCUT2D eigenvalue weighted by Gasteiger charge is -2.25. The second kappa shape index (κ2) is 9.80. The molecule has 0 radical (unpaired) electrons. The SMILES string of the molecule is COC(=O)c1c(NC(=O)CCSc2ccccc2)sc2c1CCN(C(=O)OC)C2. The van der Waals surface area contributed by atoms with Gasteiger partial charge >= 0.3 is 12.1 Å². The van der Waals surface area contributed by atoms with Crippen LogP contribution >= 0.6 is 23.1 Å². The third kappa shape index (κ3) is 5.10. The summed E-state index contributed by atoms with van der Waals surface area (Å²) in [6, 6.07) is 9.86. The van der Waals surface area contributed by atoms with Crippen molar-refractivity contribution in [1.29, 1.82) is 0 Å². The van der Waals surface area contributed by atoms with Gasteiger partial charge in [-0.25, -0.2) is 9.59 Å². The van der Waals surface area contributed by atoms with Crippen LogP contribution in [-0.4, -0.2) is 49.4 Å². The second-order valence-corrected chi connectivity index (χ2v) is 8.57. The summed E-state index contributed by atoms with van der Waals surface area (Å²) < 4.78 is 9.71. The topological polar surface area (TPSA) is 84.9 Å². The zero-order valence-electron chi connectivity index (χ0n) is 16.2. The van der Waals surface area contributed by atoms with Gasteiger partial charge in [0.1, 0.15) is 5.00 Å². The maximum atomic E-state index is 12.4. The molecule has 0 saturated carbocycles. The van der Waals surface area contributed by atoms with Crippen molar-refractivity contribution in [2.24, 2.45) is 0 Å². The van der Waals surface area contributed by atoms with Crippen LogP contribution < -0.4 is 5.32 Å². The van der Waals surface area contributed by atoms with Crippen LogP contribution in [0.2, 0.25) is 0 Å². The summed E-state index contributed by atoms with van der Waals surface area (Å²) in [5.41, 5.74) is 1.22. The maximum absolute atomic E-state index is 12.4. The summed E-state index contributed by atoms with van der Waals surface area (Å²) in [6.07, 6.45) is 0.412. The van der Waals surface area contributed by atoms with Crippen LogP contribution in [0.3, 0.4) is 0 Å². The number of rotatable bonds is 6. The van der Waals surface area contributed by atoms with Gasteiger partial charge in [0.2, 0.25) is 5.91 Å². The molecule has 3 rings (SSSR count). The Kier molecular flexibility index (Phi) is 7.16. The Bertz CT molecular complexity index is 898. The van der Waals surface area contributed by atoms with Gasteiger partial charge in [-0.3, -0.25) is 4.79 Å². The molecule has 0 fully saturated rings. The number of fused-ring (bicyclic) bond motifs is 1. The molecule has 0 bridgehead atoms. The molecule has 7 nitrogen and oxygen atoms in total. The first-order chi connectivity index (χ1) is 14.0. The average molecular weight is 435 g/mol. The van der Waals surface area contributed by atoms with Gasteiger partial charge in [0.15, 0.2) is 0 Å². The van der Waals surface area contributed by atoms with Gasteiger partial charge in [-0.2, -0.15) is 0 Å². The maximum Gasteiger partial charge on any atom is 0.409 e. The number of hydrogen-bond donors (Lipinski definition) is 1. The van der Waals surface area contributed by atoms with Crippen molar-refractivity contribution in [3.63, 3.8) is 0 Å². The number of hydrogen-bond acceptors (Lipinski definition) is 7. The number of carbonyl (C=O) groups is 3. The number of amides is 2. The smallest absolute Gasteiger partial charge is 0.409 e. The Morgan fingerprint density at radius 2 is 1.93 bits per heavy atom. The molecule has 0 aliphatic carbocycles. The lowest BCUT2D eigenvalue weighted by Crippen LogP contribution is -2.35. The number of ether oxygens (including phenoxy) is 2. The van der Waals surface area contributed by atoms with Crippen molar-refractivity contribution in [2.75, 3.05) is 31.8 Å². The summed E-state index contributed by atoms with van der Waals surface area (Å²) in [6.45, 7) is 0.790. The van der Waals surface area contributed by atoms with Gasteiger partial charge in [-0.1, -0.05) is 18.2 Å². The number of benzene rings is 1. The lowest BCUT2D eigenvalue weighted by atomic mass is 10.0. The number of carbonyl (C=O) groups excluding carboxylic acids is 3. The third-order valence-electron chi connectivity index (χ3n) is 4.47. The Hall–Kier alpha value is -2.52. The predicted octanol–water partition coefficient (Wildman–Crippen LogP) is 3.78. The molecule has 154 valence electrons. The molecule has 0 spiro atoms. The largest absolute Gasteiger partial charge is 0.465 e. The molecule has 1 aliphatic rings. The zero-order chi connectivity index (χ0) is 20.8. The summed E-state index contributed by atoms with van der Waals surface area (Å²) in [5.74, 6) is -0.0186. The highest BCUT2D eigenvalue weighted by molar-refractivity contribution is 7.99. The first kappa shape index (κ1) is 21.2. The van der Waals surface area contributed by atoms with Gasteiger partial charge < -0.3 is 19.7 Å². The summed E-state index contributed by atoms with van der Waals surface area (Å²) in [7, 11) is 2.66. The van der Waals surface area contributed by atoms with E-state index in [1.54, 1.807) is 16.7 Å². The van der Waals surface area contributed by atoms with Crippen LogP contribution in [-0.2, 0) is 27.2 Å². The van der Waals surface area contributed by atoms with Crippen LogP contribution in [0.15, 0.2) is 35.2 Å². The van der Waals surface area contributed by atoms with E-state index in [1.165, 1.54) is 25.6 Å². The summed E-state index contributed by atoms with van der Waals surface area (Å²) in [5, 5.41) is 3.33. The molecule has 0 saturated heterocycles. The van der Waals surface area contributed by atoms with Gasteiger partial charge in [0, 0.05) is 28.5 Å². The number of nitrogens with zero attached hydrogens (tertiary/aromatic N) is 1. The van der Waals surface area contributed by atoms with Gasteiger partial charge in [-0.15, -0.1) is 23.1 Å². The van der Waals surface area contributed by atoms with Crippen molar-refractivity contribution in [3.8, 4) is 0 Å². The predicted molar refractivity (Wildman–Crippen MR) is 113 cm³/mol. The Morgan fingerprint density at radius 1 is 1.17 bits per heavy atom. The molecule has 1 N–H and O–H groups in total. The first-order valence-electron chi connectivity index (χ1n) is 9.07. The Labute approximate surface area is 177 Å². The average Bonchev–Trinajstić information content (AvgIpc) is 3.10. The molecule has 1 aliphatic heterocycles. The van der Waals surface area contributed by atoms with Crippen molar-refractivity contribution < 1.29 is 23.9 Å². The van der Waals surface area contributed by atoms with E-state index >= 15 is 0 Å². The van der Waals surface area contributed by atoms with E-state index in [1.807, 2.05) is 30.3 Å². The highest BCUT2D eigenvalue weighted by Gasteiger charge is 2.31. The van der Waals surface area contributed by atoms with E-state index < -0.39 is 12.1 Å². The number of thioether (sulfide) groups is 1. The number of methoxy groups -OCH3 is 2. The lowest BCUT2D eigenvalue weighted by molar-refractivity contribution is -0.115. The first-order valence-corrected chi connectivity index (χ1v) is 10.9. The summed E-state index contributed by atoms with van der Waals surface area (Å²) >= 11 is 2.91. The van der Waals surface area contributed by atoms with Crippen molar-refractivity contribution in [3.05, 3.63) is 46.3 Å². The highest BCUT2D eigenvalue weighted by atomic mass is 32.2. The van der Waals surface area contributed by atoms with Crippen LogP contribution in [0.1, 0.15) is 27.2 Å². The van der Waals surface area contributed by atoms with Crippen LogP contribution in [0.25, 0.3) is 0 Å². The normalized spacial score (nSPS) is 12.8. The molecule has 1 aromatic carbocycles. The zero-order valence-corrected chi connectivity index (χ0v) is 17.9. The number of nitrogens with one attached hydrogen (secondary N) is 1. The fraction of sp³-hybridized carbons (Fsp3) is 0.350. The van der Waals surface area contributed by atoms with Crippen molar-refractivity contribution in [1.82, 2.24) is 4.90 Å². The second-order valence-electron chi connectivity index (χ2n) is 6.30. The monoisotopic (exact) mass is 434 g/mol. The van der Waals surface area contributed by atoms with E-state index in [4.69, 9.17) is 9.47 Å². The molecule has 29 heavy (non-hydrogen) atoms. The van der Waals surface area contributed by atoms with E-state index in [-0.39, 0.29) is 5.91 Å². The summed E-state index contributed by atoms with van der Waals surface area (Å²) in [4.78, 5) is 40.1. The van der Waals surface area contributed by atoms with E-state index in [0.717, 1.165) is 15.3 Å². The molecule has 0 atom stereocenters. The quantitative estimate of drug-likeness (QED) is 0.550. The van der Waals surface area contributed by atoms with Gasteiger partial charge in [0.25, 0.3) is 0 Å². The van der Waals surface area contributed by atoms with Crippen molar-refractivity contribution in [2.45, 2.75) is 24.3 Å². The molecule has 2 heterocycles. The van der Waals surface area contributed by atoms with Crippen LogP contribution in [0.4, 0.5) is 9.80 Å². The standard InChI is InChI=1S/C20H22N2O5S2/c1-26-19(24)17-14-8-10-22(20(25)27-2)12-15(14)29-18(17)21-16(23)9-11-28-13-6-4-3-5-7-13/h3-7H,8-12H2,1-2H3,(H,21,23). The molecular weight excluding hydrogens is 412 g/mol. The van der Waals surface area contributed by atoms with Crippen molar-refractivity contribution >= 4 is 46.1 Å². The van der Waals surface area contributed by atoms with Gasteiger partial charge in [0.05, 0.1) is 26.3 Å². The molecule has 2 aromatic rings. The molecule has 9 heteroatoms. The Balaban J connectivity index is 1.69.